The van der Waals surface area contributed by atoms with Gasteiger partial charge in [0, 0.05) is 57.8 Å². The second-order valence-electron chi connectivity index (χ2n) is 12.4. The van der Waals surface area contributed by atoms with Crippen molar-refractivity contribution in [2.24, 2.45) is 0 Å². The van der Waals surface area contributed by atoms with Gasteiger partial charge in [-0.1, -0.05) is 18.2 Å². The number of hydrogen-bond donors (Lipinski definition) is 4. The predicted molar refractivity (Wildman–Crippen MR) is 165 cm³/mol. The molecule has 0 aliphatic heterocycles. The third-order valence-corrected chi connectivity index (χ3v) is 7.81. The third-order valence-electron chi connectivity index (χ3n) is 7.81. The van der Waals surface area contributed by atoms with Gasteiger partial charge in [-0.2, -0.15) is 0 Å². The Bertz CT molecular complexity index is 1590. The molecule has 2 aromatic carbocycles. The van der Waals surface area contributed by atoms with Crippen molar-refractivity contribution in [3.8, 4) is 11.3 Å². The van der Waals surface area contributed by atoms with Gasteiger partial charge in [0.25, 0.3) is 5.91 Å². The lowest BCUT2D eigenvalue weighted by molar-refractivity contribution is 0.0635. The molecule has 2 saturated carbocycles. The van der Waals surface area contributed by atoms with E-state index in [4.69, 9.17) is 14.7 Å². The zero-order valence-electron chi connectivity index (χ0n) is 24.4. The summed E-state index contributed by atoms with van der Waals surface area (Å²) in [5, 5.41) is 10.6. The first kappa shape index (κ1) is 27.8. The molecule has 9 heteroatoms. The van der Waals surface area contributed by atoms with Crippen molar-refractivity contribution < 1.29 is 14.3 Å². The number of carbonyl (C=O) groups excluding carboxylic acids is 2. The molecule has 0 spiro atoms. The molecule has 2 heterocycles. The van der Waals surface area contributed by atoms with Crippen LogP contribution in [-0.4, -0.2) is 44.6 Å². The first-order valence-corrected chi connectivity index (χ1v) is 14.8. The Morgan fingerprint density at radius 3 is 2.50 bits per heavy atom. The maximum Gasteiger partial charge on any atom is 0.412 e. The van der Waals surface area contributed by atoms with E-state index in [9.17, 15) is 9.59 Å². The van der Waals surface area contributed by atoms with Crippen molar-refractivity contribution in [1.29, 1.82) is 0 Å². The Balaban J connectivity index is 1.09. The zero-order valence-corrected chi connectivity index (χ0v) is 24.4. The number of amides is 2. The quantitative estimate of drug-likeness (QED) is 0.191. The number of rotatable bonds is 7. The summed E-state index contributed by atoms with van der Waals surface area (Å²) in [7, 11) is 0. The monoisotopic (exact) mass is 566 g/mol. The van der Waals surface area contributed by atoms with Crippen LogP contribution in [0.15, 0.2) is 60.9 Å². The molecule has 0 bridgehead atoms. The van der Waals surface area contributed by atoms with E-state index in [2.05, 4.69) is 45.3 Å². The normalized spacial score (nSPS) is 18.8. The summed E-state index contributed by atoms with van der Waals surface area (Å²) in [5.74, 6) is 1.03. The van der Waals surface area contributed by atoms with Crippen LogP contribution < -0.4 is 16.0 Å². The van der Waals surface area contributed by atoms with E-state index < -0.39 is 11.7 Å². The van der Waals surface area contributed by atoms with E-state index in [1.54, 1.807) is 24.3 Å². The number of nitrogens with one attached hydrogen (secondary N) is 4. The van der Waals surface area contributed by atoms with E-state index in [-0.39, 0.29) is 18.0 Å². The molecule has 2 atom stereocenters. The fourth-order valence-corrected chi connectivity index (χ4v) is 5.67. The van der Waals surface area contributed by atoms with Crippen molar-refractivity contribution in [2.75, 3.05) is 10.6 Å². The molecule has 2 amide bonds. The number of anilines is 2. The van der Waals surface area contributed by atoms with Crippen LogP contribution in [0.2, 0.25) is 0 Å². The van der Waals surface area contributed by atoms with E-state index in [1.165, 1.54) is 18.4 Å². The summed E-state index contributed by atoms with van der Waals surface area (Å²) in [6, 6.07) is 15.3. The van der Waals surface area contributed by atoms with Gasteiger partial charge >= 0.3 is 6.09 Å². The summed E-state index contributed by atoms with van der Waals surface area (Å²) in [6.45, 7) is 5.43. The predicted octanol–water partition coefficient (Wildman–Crippen LogP) is 7.00. The van der Waals surface area contributed by atoms with Crippen molar-refractivity contribution >= 4 is 34.5 Å². The van der Waals surface area contributed by atoms with Gasteiger partial charge < -0.3 is 20.4 Å². The number of fused-ring (bicyclic) bond motifs is 1. The topological polar surface area (TPSA) is 121 Å². The second kappa shape index (κ2) is 11.5. The first-order valence-electron chi connectivity index (χ1n) is 14.8. The molecule has 218 valence electrons. The number of aromatic nitrogens is 3. The first-order chi connectivity index (χ1) is 20.2. The molecule has 2 fully saturated rings. The number of carbonyl (C=O) groups is 2. The molecule has 2 aromatic heterocycles. The fraction of sp³-hybridized carbons (Fsp3) is 0.394. The molecule has 4 N–H and O–H groups in total. The largest absolute Gasteiger partial charge is 0.444 e. The maximum atomic E-state index is 13.0. The molecule has 2 aliphatic rings. The number of nitrogens with zero attached hydrogens (tertiary/aromatic N) is 2. The molecular formula is C33H38N6O3. The van der Waals surface area contributed by atoms with E-state index in [1.807, 2.05) is 33.0 Å². The van der Waals surface area contributed by atoms with Gasteiger partial charge in [-0.05, 0) is 95.5 Å². The molecule has 2 aliphatic carbocycles. The molecular weight excluding hydrogens is 528 g/mol. The van der Waals surface area contributed by atoms with Crippen molar-refractivity contribution in [1.82, 2.24) is 20.3 Å². The Labute approximate surface area is 245 Å². The Morgan fingerprint density at radius 2 is 1.74 bits per heavy atom. The summed E-state index contributed by atoms with van der Waals surface area (Å²) < 4.78 is 5.29. The second-order valence-corrected chi connectivity index (χ2v) is 12.4. The molecule has 6 rings (SSSR count). The van der Waals surface area contributed by atoms with Crippen LogP contribution in [-0.2, 0) is 4.74 Å². The van der Waals surface area contributed by atoms with Crippen LogP contribution in [0, 0.1) is 0 Å². The number of hydrogen-bond acceptors (Lipinski definition) is 6. The average molecular weight is 567 g/mol. The highest BCUT2D eigenvalue weighted by Gasteiger charge is 2.30. The molecule has 9 nitrogen and oxygen atoms in total. The lowest BCUT2D eigenvalue weighted by Crippen LogP contribution is -2.42. The SMILES string of the molecule is CC(C)(C)OC(=O)Nc1ccc(C(=O)N[C@H]2CCC[C@@H](Nc3ncc(C4CC4)c(-c4c[nH]c5ccccc45)n3)C2)cc1. The van der Waals surface area contributed by atoms with Gasteiger partial charge in [-0.3, -0.25) is 10.1 Å². The van der Waals surface area contributed by atoms with Gasteiger partial charge in [-0.15, -0.1) is 0 Å². The Kier molecular flexibility index (Phi) is 7.58. The van der Waals surface area contributed by atoms with Gasteiger partial charge in [0.1, 0.15) is 5.60 Å². The van der Waals surface area contributed by atoms with Crippen molar-refractivity contribution in [2.45, 2.75) is 82.9 Å². The summed E-state index contributed by atoms with van der Waals surface area (Å²) >= 11 is 0. The number of H-pyrrole nitrogens is 1. The molecule has 4 aromatic rings. The highest BCUT2D eigenvalue weighted by molar-refractivity contribution is 5.96. The van der Waals surface area contributed by atoms with Crippen molar-refractivity contribution in [3.63, 3.8) is 0 Å². The Hall–Kier alpha value is -4.40. The van der Waals surface area contributed by atoms with Gasteiger partial charge in [0.2, 0.25) is 5.95 Å². The average Bonchev–Trinajstić information content (AvgIpc) is 3.71. The number of para-hydroxylation sites is 1. The minimum Gasteiger partial charge on any atom is -0.444 e. The van der Waals surface area contributed by atoms with Crippen LogP contribution in [0.3, 0.4) is 0 Å². The Morgan fingerprint density at radius 1 is 0.976 bits per heavy atom. The summed E-state index contributed by atoms with van der Waals surface area (Å²) in [4.78, 5) is 38.2. The van der Waals surface area contributed by atoms with Crippen LogP contribution >= 0.6 is 0 Å². The van der Waals surface area contributed by atoms with Crippen LogP contribution in [0.1, 0.15) is 81.1 Å². The van der Waals surface area contributed by atoms with Crippen LogP contribution in [0.5, 0.6) is 0 Å². The summed E-state index contributed by atoms with van der Waals surface area (Å²) in [6.07, 6.45) is 9.58. The van der Waals surface area contributed by atoms with E-state index >= 15 is 0 Å². The minimum atomic E-state index is -0.581. The summed E-state index contributed by atoms with van der Waals surface area (Å²) in [5.41, 5.74) is 4.96. The number of benzene rings is 2. The third kappa shape index (κ3) is 6.56. The fourth-order valence-electron chi connectivity index (χ4n) is 5.67. The van der Waals surface area contributed by atoms with Crippen LogP contribution in [0.25, 0.3) is 22.2 Å². The molecule has 0 saturated heterocycles. The zero-order chi connectivity index (χ0) is 29.3. The standard InChI is InChI=1S/C33H38N6O3/c1-33(2,3)42-32(41)38-22-15-13-21(14-16-22)30(40)36-23-7-6-8-24(17-23)37-31-35-18-26(20-11-12-20)29(39-31)27-19-34-28-10-5-4-9-25(27)28/h4-5,9-10,13-16,18-20,23-24,34H,6-8,11-12,17H2,1-3H3,(H,36,40)(H,38,41)(H,35,37,39)/t23-,24+/m0/s1. The lowest BCUT2D eigenvalue weighted by atomic mass is 9.91. The lowest BCUT2D eigenvalue weighted by Gasteiger charge is -2.30. The van der Waals surface area contributed by atoms with Crippen molar-refractivity contribution in [3.05, 3.63) is 72.1 Å². The molecule has 0 unspecified atom stereocenters. The van der Waals surface area contributed by atoms with Gasteiger partial charge in [0.15, 0.2) is 0 Å². The molecule has 42 heavy (non-hydrogen) atoms. The number of aromatic amines is 1. The highest BCUT2D eigenvalue weighted by atomic mass is 16.6. The number of ether oxygens (including phenoxy) is 1. The minimum absolute atomic E-state index is 0.0436. The van der Waals surface area contributed by atoms with E-state index in [0.717, 1.165) is 47.8 Å². The van der Waals surface area contributed by atoms with E-state index in [0.29, 0.717) is 23.1 Å². The van der Waals surface area contributed by atoms with Crippen LogP contribution in [0.4, 0.5) is 16.4 Å². The van der Waals surface area contributed by atoms with Gasteiger partial charge in [-0.25, -0.2) is 14.8 Å². The highest BCUT2D eigenvalue weighted by Crippen LogP contribution is 2.45. The molecule has 0 radical (unpaired) electrons. The smallest absolute Gasteiger partial charge is 0.412 e. The maximum absolute atomic E-state index is 13.0. The van der Waals surface area contributed by atoms with Gasteiger partial charge in [0.05, 0.1) is 5.69 Å².